The molecule has 0 aliphatic rings. The lowest BCUT2D eigenvalue weighted by atomic mass is 10.1. The first-order valence-electron chi connectivity index (χ1n) is 6.18. The van der Waals surface area contributed by atoms with Gasteiger partial charge < -0.3 is 10.0 Å². The first-order chi connectivity index (χ1) is 9.82. The van der Waals surface area contributed by atoms with E-state index in [0.29, 0.717) is 10.6 Å². The van der Waals surface area contributed by atoms with Crippen LogP contribution in [-0.4, -0.2) is 52.3 Å². The number of ketones is 1. The Hall–Kier alpha value is -1.53. The van der Waals surface area contributed by atoms with Crippen LogP contribution in [0.1, 0.15) is 17.3 Å². The van der Waals surface area contributed by atoms with Gasteiger partial charge in [-0.1, -0.05) is 11.6 Å². The Bertz CT molecular complexity index is 532. The van der Waals surface area contributed by atoms with Crippen molar-refractivity contribution >= 4 is 41.0 Å². The first kappa shape index (κ1) is 17.5. The molecule has 7 heteroatoms. The molecule has 0 spiro atoms. The van der Waals surface area contributed by atoms with Crippen LogP contribution in [0.2, 0.25) is 5.02 Å². The Morgan fingerprint density at radius 3 is 2.33 bits per heavy atom. The molecule has 1 unspecified atom stereocenters. The predicted molar refractivity (Wildman–Crippen MR) is 83.0 cm³/mol. The van der Waals surface area contributed by atoms with Gasteiger partial charge in [0.15, 0.2) is 5.78 Å². The normalized spacial score (nSPS) is 11.8. The van der Waals surface area contributed by atoms with E-state index >= 15 is 0 Å². The molecule has 0 heterocycles. The van der Waals surface area contributed by atoms with Crippen molar-refractivity contribution in [2.75, 3.05) is 18.6 Å². The average Bonchev–Trinajstić information content (AvgIpc) is 2.45. The number of aliphatic carboxylic acids is 1. The van der Waals surface area contributed by atoms with Crippen LogP contribution in [0, 0.1) is 0 Å². The molecule has 0 radical (unpaired) electrons. The van der Waals surface area contributed by atoms with Crippen molar-refractivity contribution in [1.82, 2.24) is 4.90 Å². The number of thioether (sulfide) groups is 1. The van der Waals surface area contributed by atoms with Crippen molar-refractivity contribution in [2.45, 2.75) is 13.0 Å². The fraction of sp³-hybridized carbons (Fsp3) is 0.357. The number of carboxylic acids is 1. The van der Waals surface area contributed by atoms with Crippen LogP contribution in [-0.2, 0) is 9.59 Å². The molecular weight excluding hydrogens is 314 g/mol. The molecule has 1 aromatic rings. The monoisotopic (exact) mass is 329 g/mol. The van der Waals surface area contributed by atoms with Crippen LogP contribution in [0.4, 0.5) is 0 Å². The van der Waals surface area contributed by atoms with E-state index in [-0.39, 0.29) is 23.2 Å². The quantitative estimate of drug-likeness (QED) is 0.776. The van der Waals surface area contributed by atoms with Crippen molar-refractivity contribution < 1.29 is 19.5 Å². The van der Waals surface area contributed by atoms with Gasteiger partial charge in [-0.05, 0) is 31.2 Å². The van der Waals surface area contributed by atoms with Gasteiger partial charge in [0.2, 0.25) is 5.91 Å². The highest BCUT2D eigenvalue weighted by molar-refractivity contribution is 8.00. The number of halogens is 1. The molecule has 114 valence electrons. The van der Waals surface area contributed by atoms with E-state index in [1.807, 2.05) is 0 Å². The number of amides is 1. The third-order valence-corrected chi connectivity index (χ3v) is 4.13. The molecule has 21 heavy (non-hydrogen) atoms. The Morgan fingerprint density at radius 2 is 1.81 bits per heavy atom. The minimum absolute atomic E-state index is 0.0629. The Labute approximate surface area is 132 Å². The summed E-state index contributed by atoms with van der Waals surface area (Å²) in [6.07, 6.45) is 0. The minimum atomic E-state index is -1.06. The summed E-state index contributed by atoms with van der Waals surface area (Å²) in [4.78, 5) is 35.6. The SMILES string of the molecule is CC(C(=O)O)N(C)C(=O)CSCC(=O)c1ccc(Cl)cc1. The van der Waals surface area contributed by atoms with E-state index in [0.717, 1.165) is 16.7 Å². The summed E-state index contributed by atoms with van der Waals surface area (Å²) < 4.78 is 0. The smallest absolute Gasteiger partial charge is 0.326 e. The number of nitrogens with zero attached hydrogens (tertiary/aromatic N) is 1. The van der Waals surface area contributed by atoms with Crippen molar-refractivity contribution in [3.05, 3.63) is 34.9 Å². The molecule has 0 saturated carbocycles. The molecule has 0 saturated heterocycles. The fourth-order valence-corrected chi connectivity index (χ4v) is 2.39. The highest BCUT2D eigenvalue weighted by Crippen LogP contribution is 2.13. The molecule has 1 N–H and O–H groups in total. The third-order valence-electron chi connectivity index (χ3n) is 2.96. The number of likely N-dealkylation sites (N-methyl/N-ethyl adjacent to an activating group) is 1. The standard InChI is InChI=1S/C14H16ClNO4S/c1-9(14(19)20)16(2)13(18)8-21-7-12(17)10-3-5-11(15)6-4-10/h3-6,9H,7-8H2,1-2H3,(H,19,20). The lowest BCUT2D eigenvalue weighted by Crippen LogP contribution is -2.41. The summed E-state index contributed by atoms with van der Waals surface area (Å²) in [6.45, 7) is 1.43. The Morgan fingerprint density at radius 1 is 1.24 bits per heavy atom. The number of carboxylic acid groups (broad SMARTS) is 1. The van der Waals surface area contributed by atoms with Gasteiger partial charge in [-0.2, -0.15) is 0 Å². The molecule has 5 nitrogen and oxygen atoms in total. The van der Waals surface area contributed by atoms with Gasteiger partial charge in [0.25, 0.3) is 0 Å². The summed E-state index contributed by atoms with van der Waals surface area (Å²) in [5, 5.41) is 9.37. The average molecular weight is 330 g/mol. The van der Waals surface area contributed by atoms with Crippen LogP contribution in [0.15, 0.2) is 24.3 Å². The van der Waals surface area contributed by atoms with Crippen molar-refractivity contribution in [3.63, 3.8) is 0 Å². The van der Waals surface area contributed by atoms with Gasteiger partial charge in [-0.3, -0.25) is 9.59 Å². The van der Waals surface area contributed by atoms with Crippen molar-refractivity contribution in [2.24, 2.45) is 0 Å². The van der Waals surface area contributed by atoms with Crippen LogP contribution in [0.3, 0.4) is 0 Å². The van der Waals surface area contributed by atoms with E-state index in [9.17, 15) is 14.4 Å². The van der Waals surface area contributed by atoms with Crippen molar-refractivity contribution in [1.29, 1.82) is 0 Å². The van der Waals surface area contributed by atoms with Gasteiger partial charge in [0, 0.05) is 17.6 Å². The number of Topliss-reactive ketones (excluding diaryl/α,β-unsaturated/α-hetero) is 1. The lowest BCUT2D eigenvalue weighted by molar-refractivity contribution is -0.147. The summed E-state index contributed by atoms with van der Waals surface area (Å²) >= 11 is 6.90. The maximum Gasteiger partial charge on any atom is 0.326 e. The molecular formula is C14H16ClNO4S. The zero-order valence-corrected chi connectivity index (χ0v) is 13.3. The van der Waals surface area contributed by atoms with Crippen LogP contribution in [0.25, 0.3) is 0 Å². The number of hydrogen-bond donors (Lipinski definition) is 1. The summed E-state index contributed by atoms with van der Waals surface area (Å²) in [7, 11) is 1.43. The number of hydrogen-bond acceptors (Lipinski definition) is 4. The molecule has 0 aliphatic heterocycles. The van der Waals surface area contributed by atoms with Crippen LogP contribution >= 0.6 is 23.4 Å². The first-order valence-corrected chi connectivity index (χ1v) is 7.71. The highest BCUT2D eigenvalue weighted by Gasteiger charge is 2.21. The van der Waals surface area contributed by atoms with E-state index in [1.54, 1.807) is 24.3 Å². The number of rotatable bonds is 7. The van der Waals surface area contributed by atoms with Gasteiger partial charge >= 0.3 is 5.97 Å². The largest absolute Gasteiger partial charge is 0.480 e. The van der Waals surface area contributed by atoms with E-state index in [4.69, 9.17) is 16.7 Å². The molecule has 1 amide bonds. The predicted octanol–water partition coefficient (Wildman–Crippen LogP) is 2.19. The lowest BCUT2D eigenvalue weighted by Gasteiger charge is -2.21. The van der Waals surface area contributed by atoms with Gasteiger partial charge in [-0.15, -0.1) is 11.8 Å². The van der Waals surface area contributed by atoms with E-state index in [1.165, 1.54) is 14.0 Å². The fourth-order valence-electron chi connectivity index (χ4n) is 1.43. The molecule has 0 fully saturated rings. The molecule has 1 rings (SSSR count). The number of carbonyl (C=O) groups excluding carboxylic acids is 2. The minimum Gasteiger partial charge on any atom is -0.480 e. The van der Waals surface area contributed by atoms with E-state index < -0.39 is 12.0 Å². The molecule has 0 aromatic heterocycles. The van der Waals surface area contributed by atoms with Crippen molar-refractivity contribution in [3.8, 4) is 0 Å². The summed E-state index contributed by atoms with van der Waals surface area (Å²) in [6, 6.07) is 5.64. The van der Waals surface area contributed by atoms with Crippen LogP contribution < -0.4 is 0 Å². The maximum atomic E-state index is 11.9. The summed E-state index contributed by atoms with van der Waals surface area (Å²) in [5.74, 6) is -1.26. The molecule has 0 aliphatic carbocycles. The second-order valence-corrected chi connectivity index (χ2v) is 5.86. The second kappa shape index (κ2) is 8.05. The zero-order chi connectivity index (χ0) is 16.0. The highest BCUT2D eigenvalue weighted by atomic mass is 35.5. The Balaban J connectivity index is 2.42. The molecule has 1 atom stereocenters. The number of benzene rings is 1. The molecule has 1 aromatic carbocycles. The number of carbonyl (C=O) groups is 3. The maximum absolute atomic E-state index is 11.9. The van der Waals surface area contributed by atoms with Gasteiger partial charge in [-0.25, -0.2) is 4.79 Å². The topological polar surface area (TPSA) is 74.7 Å². The van der Waals surface area contributed by atoms with Crippen LogP contribution in [0.5, 0.6) is 0 Å². The second-order valence-electron chi connectivity index (χ2n) is 4.44. The Kier molecular flexibility index (Phi) is 6.71. The molecule has 0 bridgehead atoms. The van der Waals surface area contributed by atoms with Gasteiger partial charge in [0.1, 0.15) is 6.04 Å². The zero-order valence-electron chi connectivity index (χ0n) is 11.7. The summed E-state index contributed by atoms with van der Waals surface area (Å²) in [5.41, 5.74) is 0.534. The van der Waals surface area contributed by atoms with Gasteiger partial charge in [0.05, 0.1) is 11.5 Å². The third kappa shape index (κ3) is 5.40. The van der Waals surface area contributed by atoms with E-state index in [2.05, 4.69) is 0 Å².